The molecule has 0 unspecified atom stereocenters. The number of hydrogen-bond acceptors (Lipinski definition) is 2. The predicted molar refractivity (Wildman–Crippen MR) is 52.3 cm³/mol. The molecule has 0 aromatic heterocycles. The molecule has 0 saturated heterocycles. The lowest BCUT2D eigenvalue weighted by atomic mass is 10.0. The lowest BCUT2D eigenvalue weighted by molar-refractivity contribution is 0.589. The van der Waals surface area contributed by atoms with Gasteiger partial charge in [-0.25, -0.2) is 4.39 Å². The van der Waals surface area contributed by atoms with E-state index in [1.807, 2.05) is 6.92 Å². The van der Waals surface area contributed by atoms with E-state index in [1.54, 1.807) is 13.8 Å². The number of thiol groups is 1. The fourth-order valence-corrected chi connectivity index (χ4v) is 1.41. The quantitative estimate of drug-likeness (QED) is 0.471. The van der Waals surface area contributed by atoms with Crippen LogP contribution in [0.25, 0.3) is 0 Å². The Hall–Kier alpha value is -0.700. The van der Waals surface area contributed by atoms with Crippen molar-refractivity contribution in [1.29, 1.82) is 0 Å². The summed E-state index contributed by atoms with van der Waals surface area (Å²) in [5.74, 6) is -0.262. The average molecular weight is 185 g/mol. The summed E-state index contributed by atoms with van der Waals surface area (Å²) in [6.45, 7) is 5.29. The van der Waals surface area contributed by atoms with Crippen LogP contribution in [0.4, 0.5) is 10.1 Å². The van der Waals surface area contributed by atoms with Crippen molar-refractivity contribution in [2.24, 2.45) is 0 Å². The smallest absolute Gasteiger partial charge is 0.140 e. The van der Waals surface area contributed by atoms with Gasteiger partial charge >= 0.3 is 0 Å². The highest BCUT2D eigenvalue weighted by atomic mass is 32.1. The van der Waals surface area contributed by atoms with Crippen LogP contribution in [0.3, 0.4) is 0 Å². The van der Waals surface area contributed by atoms with Crippen molar-refractivity contribution in [3.63, 3.8) is 0 Å². The first-order valence-electron chi connectivity index (χ1n) is 3.70. The summed E-state index contributed by atoms with van der Waals surface area (Å²) in [6.07, 6.45) is 0. The Kier molecular flexibility index (Phi) is 2.33. The van der Waals surface area contributed by atoms with Crippen LogP contribution in [0, 0.1) is 26.6 Å². The summed E-state index contributed by atoms with van der Waals surface area (Å²) in [7, 11) is 0. The Labute approximate surface area is 77.2 Å². The Bertz CT molecular complexity index is 229. The van der Waals surface area contributed by atoms with E-state index in [-0.39, 0.29) is 5.82 Å². The highest BCUT2D eigenvalue weighted by Gasteiger charge is 2.12. The summed E-state index contributed by atoms with van der Waals surface area (Å²) in [6, 6.07) is 0. The molecule has 0 aliphatic rings. The van der Waals surface area contributed by atoms with Gasteiger partial charge in [-0.1, -0.05) is 0 Å². The molecule has 2 N–H and O–H groups in total. The van der Waals surface area contributed by atoms with Gasteiger partial charge in [0.05, 0.1) is 0 Å². The van der Waals surface area contributed by atoms with Gasteiger partial charge in [-0.3, -0.25) is 0 Å². The third-order valence-corrected chi connectivity index (χ3v) is 2.79. The highest BCUT2D eigenvalue weighted by Crippen LogP contribution is 2.29. The van der Waals surface area contributed by atoms with Gasteiger partial charge < -0.3 is 5.73 Å². The van der Waals surface area contributed by atoms with E-state index >= 15 is 0 Å². The van der Waals surface area contributed by atoms with E-state index in [0.29, 0.717) is 16.1 Å². The van der Waals surface area contributed by atoms with E-state index in [0.717, 1.165) is 11.1 Å². The molecule has 1 rings (SSSR count). The standard InChI is InChI=1S/C9H12FNS/c1-4-5(2)8(11)6(3)9(12)7(4)10/h12H,11H2,1-3H3. The molecule has 0 amide bonds. The van der Waals surface area contributed by atoms with E-state index in [1.165, 1.54) is 0 Å². The van der Waals surface area contributed by atoms with Crippen molar-refractivity contribution in [1.82, 2.24) is 0 Å². The Morgan fingerprint density at radius 2 is 1.58 bits per heavy atom. The highest BCUT2D eigenvalue weighted by molar-refractivity contribution is 7.80. The third-order valence-electron chi connectivity index (χ3n) is 2.26. The maximum atomic E-state index is 13.3. The van der Waals surface area contributed by atoms with Gasteiger partial charge in [-0.05, 0) is 37.5 Å². The van der Waals surface area contributed by atoms with Crippen LogP contribution < -0.4 is 5.73 Å². The first kappa shape index (κ1) is 9.39. The van der Waals surface area contributed by atoms with Crippen LogP contribution in [0.15, 0.2) is 4.90 Å². The summed E-state index contributed by atoms with van der Waals surface area (Å²) in [5.41, 5.74) is 8.49. The fourth-order valence-electron chi connectivity index (χ4n) is 1.12. The van der Waals surface area contributed by atoms with Crippen LogP contribution in [-0.2, 0) is 0 Å². The second kappa shape index (κ2) is 2.98. The van der Waals surface area contributed by atoms with Crippen LogP contribution in [0.1, 0.15) is 16.7 Å². The molecule has 1 aromatic rings. The lowest BCUT2D eigenvalue weighted by Crippen LogP contribution is -2.00. The van der Waals surface area contributed by atoms with Crippen molar-refractivity contribution < 1.29 is 4.39 Å². The molecule has 0 bridgehead atoms. The molecule has 0 fully saturated rings. The zero-order chi connectivity index (χ0) is 9.46. The molecular formula is C9H12FNS. The first-order chi connectivity index (χ1) is 5.46. The predicted octanol–water partition coefficient (Wildman–Crippen LogP) is 2.62. The Morgan fingerprint density at radius 3 is 2.08 bits per heavy atom. The van der Waals surface area contributed by atoms with Crippen LogP contribution in [0.5, 0.6) is 0 Å². The SMILES string of the molecule is Cc1c(C)c(F)c(S)c(C)c1N. The maximum absolute atomic E-state index is 13.3. The molecule has 0 spiro atoms. The lowest BCUT2D eigenvalue weighted by Gasteiger charge is -2.11. The van der Waals surface area contributed by atoms with E-state index < -0.39 is 0 Å². The molecule has 66 valence electrons. The number of halogens is 1. The van der Waals surface area contributed by atoms with Gasteiger partial charge in [0.25, 0.3) is 0 Å². The van der Waals surface area contributed by atoms with E-state index in [4.69, 9.17) is 5.73 Å². The summed E-state index contributed by atoms with van der Waals surface area (Å²) < 4.78 is 13.3. The monoisotopic (exact) mass is 185 g/mol. The van der Waals surface area contributed by atoms with Gasteiger partial charge in [-0.2, -0.15) is 0 Å². The molecule has 1 nitrogen and oxygen atoms in total. The van der Waals surface area contributed by atoms with Gasteiger partial charge in [0, 0.05) is 10.6 Å². The minimum absolute atomic E-state index is 0.262. The summed E-state index contributed by atoms with van der Waals surface area (Å²) >= 11 is 4.04. The normalized spacial score (nSPS) is 10.4. The number of rotatable bonds is 0. The molecule has 0 atom stereocenters. The minimum Gasteiger partial charge on any atom is -0.398 e. The van der Waals surface area contributed by atoms with Gasteiger partial charge in [0.1, 0.15) is 5.82 Å². The Balaban J connectivity index is 3.60. The molecular weight excluding hydrogens is 173 g/mol. The largest absolute Gasteiger partial charge is 0.398 e. The van der Waals surface area contributed by atoms with Crippen LogP contribution >= 0.6 is 12.6 Å². The van der Waals surface area contributed by atoms with Crippen molar-refractivity contribution in [3.05, 3.63) is 22.5 Å². The van der Waals surface area contributed by atoms with Crippen LogP contribution in [-0.4, -0.2) is 0 Å². The number of benzene rings is 1. The van der Waals surface area contributed by atoms with Gasteiger partial charge in [0.2, 0.25) is 0 Å². The number of anilines is 1. The molecule has 0 aliphatic heterocycles. The fraction of sp³-hybridized carbons (Fsp3) is 0.333. The topological polar surface area (TPSA) is 26.0 Å². The second-order valence-corrected chi connectivity index (χ2v) is 3.40. The summed E-state index contributed by atoms with van der Waals surface area (Å²) in [5, 5.41) is 0. The van der Waals surface area contributed by atoms with Crippen molar-refractivity contribution in [3.8, 4) is 0 Å². The van der Waals surface area contributed by atoms with Crippen LogP contribution in [0.2, 0.25) is 0 Å². The zero-order valence-electron chi connectivity index (χ0n) is 7.40. The number of nitrogen functional groups attached to an aromatic ring is 1. The number of nitrogens with two attached hydrogens (primary N) is 1. The van der Waals surface area contributed by atoms with Gasteiger partial charge in [-0.15, -0.1) is 12.6 Å². The molecule has 12 heavy (non-hydrogen) atoms. The molecule has 0 aliphatic carbocycles. The molecule has 0 heterocycles. The van der Waals surface area contributed by atoms with E-state index in [9.17, 15) is 4.39 Å². The zero-order valence-corrected chi connectivity index (χ0v) is 8.30. The second-order valence-electron chi connectivity index (χ2n) is 2.95. The van der Waals surface area contributed by atoms with E-state index in [2.05, 4.69) is 12.6 Å². The maximum Gasteiger partial charge on any atom is 0.140 e. The third kappa shape index (κ3) is 1.18. The molecule has 3 heteroatoms. The van der Waals surface area contributed by atoms with Gasteiger partial charge in [0.15, 0.2) is 0 Å². The van der Waals surface area contributed by atoms with Crippen molar-refractivity contribution in [2.75, 3.05) is 5.73 Å². The Morgan fingerprint density at radius 1 is 1.08 bits per heavy atom. The average Bonchev–Trinajstić information content (AvgIpc) is 2.08. The molecule has 1 aromatic carbocycles. The van der Waals surface area contributed by atoms with Crippen molar-refractivity contribution >= 4 is 18.3 Å². The van der Waals surface area contributed by atoms with Crippen molar-refractivity contribution in [2.45, 2.75) is 25.7 Å². The summed E-state index contributed by atoms with van der Waals surface area (Å²) in [4.78, 5) is 0.357. The minimum atomic E-state index is -0.262. The first-order valence-corrected chi connectivity index (χ1v) is 4.15. The molecule has 0 radical (unpaired) electrons. The molecule has 0 saturated carbocycles. The number of hydrogen-bond donors (Lipinski definition) is 2.